The molecule has 0 saturated heterocycles. The Hall–Kier alpha value is -1.37. The molecule has 0 heterocycles. The SMILES string of the molecule is CCC(N)(CC)P(=O)(c1ccccc1)c1ccccc1. The zero-order valence-electron chi connectivity index (χ0n) is 12.1. The molecule has 2 aromatic rings. The van der Waals surface area contributed by atoms with Crippen molar-refractivity contribution in [3.63, 3.8) is 0 Å². The highest BCUT2D eigenvalue weighted by atomic mass is 31.2. The zero-order valence-corrected chi connectivity index (χ0v) is 13.0. The summed E-state index contributed by atoms with van der Waals surface area (Å²) in [6.45, 7) is 4.03. The molecule has 106 valence electrons. The van der Waals surface area contributed by atoms with E-state index in [0.29, 0.717) is 12.8 Å². The molecule has 2 nitrogen and oxygen atoms in total. The first-order chi connectivity index (χ1) is 9.58. The Kier molecular flexibility index (Phi) is 4.47. The lowest BCUT2D eigenvalue weighted by atomic mass is 10.2. The summed E-state index contributed by atoms with van der Waals surface area (Å²) in [6, 6.07) is 19.3. The second kappa shape index (κ2) is 5.95. The summed E-state index contributed by atoms with van der Waals surface area (Å²) in [4.78, 5) is 0. The van der Waals surface area contributed by atoms with Gasteiger partial charge in [0.25, 0.3) is 0 Å². The van der Waals surface area contributed by atoms with E-state index in [9.17, 15) is 4.57 Å². The van der Waals surface area contributed by atoms with Crippen LogP contribution in [-0.2, 0) is 4.57 Å². The van der Waals surface area contributed by atoms with Gasteiger partial charge in [-0.2, -0.15) is 0 Å². The van der Waals surface area contributed by atoms with Crippen LogP contribution in [0.2, 0.25) is 0 Å². The van der Waals surface area contributed by atoms with Crippen LogP contribution < -0.4 is 16.3 Å². The summed E-state index contributed by atoms with van der Waals surface area (Å²) in [5.41, 5.74) is 6.58. The van der Waals surface area contributed by atoms with Crippen molar-refractivity contribution in [1.82, 2.24) is 0 Å². The van der Waals surface area contributed by atoms with Crippen LogP contribution in [0, 0.1) is 0 Å². The van der Waals surface area contributed by atoms with Crippen LogP contribution in [0.4, 0.5) is 0 Å². The van der Waals surface area contributed by atoms with Gasteiger partial charge >= 0.3 is 0 Å². The lowest BCUT2D eigenvalue weighted by molar-refractivity contribution is 0.503. The topological polar surface area (TPSA) is 43.1 Å². The third-order valence-electron chi connectivity index (χ3n) is 4.09. The molecule has 0 fully saturated rings. The highest BCUT2D eigenvalue weighted by Crippen LogP contribution is 2.56. The Morgan fingerprint density at radius 3 is 1.50 bits per heavy atom. The van der Waals surface area contributed by atoms with Gasteiger partial charge in [-0.15, -0.1) is 0 Å². The summed E-state index contributed by atoms with van der Waals surface area (Å²) in [5, 5.41) is 0.991. The van der Waals surface area contributed by atoms with Gasteiger partial charge in [0.1, 0.15) is 0 Å². The van der Waals surface area contributed by atoms with Crippen molar-refractivity contribution in [2.24, 2.45) is 5.73 Å². The first-order valence-electron chi connectivity index (χ1n) is 7.08. The van der Waals surface area contributed by atoms with Crippen LogP contribution in [0.3, 0.4) is 0 Å². The Bertz CT molecular complexity index is 547. The second-order valence-electron chi connectivity index (χ2n) is 5.09. The van der Waals surface area contributed by atoms with Crippen molar-refractivity contribution >= 4 is 17.8 Å². The number of hydrogen-bond acceptors (Lipinski definition) is 2. The molecule has 0 aliphatic rings. The molecule has 2 rings (SSSR count). The molecule has 0 aromatic heterocycles. The van der Waals surface area contributed by atoms with Crippen LogP contribution >= 0.6 is 7.14 Å². The smallest absolute Gasteiger partial charge is 0.162 e. The Balaban J connectivity index is 2.71. The first-order valence-corrected chi connectivity index (χ1v) is 8.79. The second-order valence-corrected chi connectivity index (χ2v) is 8.23. The molecule has 0 radical (unpaired) electrons. The molecule has 0 atom stereocenters. The summed E-state index contributed by atoms with van der Waals surface area (Å²) in [5.74, 6) is 0. The number of rotatable bonds is 5. The van der Waals surface area contributed by atoms with Crippen LogP contribution in [0.1, 0.15) is 26.7 Å². The van der Waals surface area contributed by atoms with Gasteiger partial charge in [0.15, 0.2) is 7.14 Å². The van der Waals surface area contributed by atoms with E-state index < -0.39 is 12.4 Å². The molecule has 20 heavy (non-hydrogen) atoms. The number of hydrogen-bond donors (Lipinski definition) is 1. The lowest BCUT2D eigenvalue weighted by Crippen LogP contribution is -2.45. The number of nitrogens with two attached hydrogens (primary N) is 1. The van der Waals surface area contributed by atoms with Crippen LogP contribution in [0.15, 0.2) is 60.7 Å². The van der Waals surface area contributed by atoms with Gasteiger partial charge in [0.2, 0.25) is 0 Å². The van der Waals surface area contributed by atoms with Crippen LogP contribution in [-0.4, -0.2) is 5.28 Å². The van der Waals surface area contributed by atoms with E-state index in [1.54, 1.807) is 0 Å². The predicted molar refractivity (Wildman–Crippen MR) is 87.3 cm³/mol. The fourth-order valence-corrected chi connectivity index (χ4v) is 6.04. The average molecular weight is 287 g/mol. The highest BCUT2D eigenvalue weighted by molar-refractivity contribution is 7.80. The quantitative estimate of drug-likeness (QED) is 0.856. The molecule has 0 unspecified atom stereocenters. The zero-order chi connectivity index (χ0) is 14.6. The van der Waals surface area contributed by atoms with E-state index in [0.717, 1.165) is 10.6 Å². The largest absolute Gasteiger partial charge is 0.318 e. The third-order valence-corrected chi connectivity index (χ3v) is 8.03. The maximum absolute atomic E-state index is 14.0. The van der Waals surface area contributed by atoms with Gasteiger partial charge in [0.05, 0.1) is 5.28 Å². The summed E-state index contributed by atoms with van der Waals surface area (Å²) in [7, 11) is -2.87. The van der Waals surface area contributed by atoms with E-state index in [1.807, 2.05) is 74.5 Å². The van der Waals surface area contributed by atoms with Gasteiger partial charge in [-0.25, -0.2) is 0 Å². The predicted octanol–water partition coefficient (Wildman–Crippen LogP) is 3.48. The van der Waals surface area contributed by atoms with E-state index in [2.05, 4.69) is 0 Å². The van der Waals surface area contributed by atoms with Gasteiger partial charge in [-0.05, 0) is 12.8 Å². The molecule has 2 aromatic carbocycles. The summed E-state index contributed by atoms with van der Waals surface area (Å²) >= 11 is 0. The molecule has 0 spiro atoms. The highest BCUT2D eigenvalue weighted by Gasteiger charge is 2.44. The van der Waals surface area contributed by atoms with Crippen molar-refractivity contribution in [1.29, 1.82) is 0 Å². The van der Waals surface area contributed by atoms with Crippen molar-refractivity contribution in [3.05, 3.63) is 60.7 Å². The van der Waals surface area contributed by atoms with Crippen molar-refractivity contribution < 1.29 is 4.57 Å². The fourth-order valence-electron chi connectivity index (χ4n) is 2.63. The van der Waals surface area contributed by atoms with Gasteiger partial charge < -0.3 is 10.3 Å². The van der Waals surface area contributed by atoms with E-state index >= 15 is 0 Å². The summed E-state index contributed by atoms with van der Waals surface area (Å²) in [6.07, 6.45) is 1.37. The third kappa shape index (κ3) is 2.34. The van der Waals surface area contributed by atoms with E-state index in [1.165, 1.54) is 0 Å². The molecule has 2 N–H and O–H groups in total. The monoisotopic (exact) mass is 287 g/mol. The van der Waals surface area contributed by atoms with Gasteiger partial charge in [-0.1, -0.05) is 74.5 Å². The van der Waals surface area contributed by atoms with E-state index in [4.69, 9.17) is 5.73 Å². The van der Waals surface area contributed by atoms with Crippen LogP contribution in [0.25, 0.3) is 0 Å². The maximum Gasteiger partial charge on any atom is 0.162 e. The minimum atomic E-state index is -2.87. The molecule has 0 aliphatic carbocycles. The Morgan fingerprint density at radius 2 is 1.20 bits per heavy atom. The molecular weight excluding hydrogens is 265 g/mol. The van der Waals surface area contributed by atoms with Crippen molar-refractivity contribution in [2.45, 2.75) is 32.0 Å². The standard InChI is InChI=1S/C17H22NOP/c1-3-17(18,4-2)20(19,15-11-7-5-8-12-15)16-13-9-6-10-14-16/h5-14H,3-4,18H2,1-2H3. The van der Waals surface area contributed by atoms with Gasteiger partial charge in [-0.3, -0.25) is 0 Å². The van der Waals surface area contributed by atoms with Crippen molar-refractivity contribution in [2.75, 3.05) is 0 Å². The molecule has 0 saturated carbocycles. The number of benzene rings is 2. The molecule has 0 aliphatic heterocycles. The minimum Gasteiger partial charge on any atom is -0.318 e. The maximum atomic E-state index is 14.0. The van der Waals surface area contributed by atoms with Crippen LogP contribution in [0.5, 0.6) is 0 Å². The Morgan fingerprint density at radius 1 is 0.850 bits per heavy atom. The fraction of sp³-hybridized carbons (Fsp3) is 0.294. The Labute approximate surface area is 121 Å². The van der Waals surface area contributed by atoms with Gasteiger partial charge in [0, 0.05) is 10.6 Å². The molecule has 0 bridgehead atoms. The normalized spacial score (nSPS) is 12.3. The van der Waals surface area contributed by atoms with E-state index in [-0.39, 0.29) is 0 Å². The molecular formula is C17H22NOP. The lowest BCUT2D eigenvalue weighted by Gasteiger charge is -2.37. The molecule has 3 heteroatoms. The average Bonchev–Trinajstić information content (AvgIpc) is 2.54. The molecule has 0 amide bonds. The first kappa shape index (κ1) is 15.0. The summed E-state index contributed by atoms with van der Waals surface area (Å²) < 4.78 is 14.0. The van der Waals surface area contributed by atoms with Crippen molar-refractivity contribution in [3.8, 4) is 0 Å². The minimum absolute atomic E-state index is 0.685.